The van der Waals surface area contributed by atoms with Gasteiger partial charge in [-0.1, -0.05) is 0 Å². The summed E-state index contributed by atoms with van der Waals surface area (Å²) in [6.07, 6.45) is 0. The van der Waals surface area contributed by atoms with Crippen molar-refractivity contribution in [2.75, 3.05) is 11.9 Å². The van der Waals surface area contributed by atoms with Crippen LogP contribution in [-0.4, -0.2) is 11.4 Å². The number of benzene rings is 1. The Morgan fingerprint density at radius 3 is 2.86 bits per heavy atom. The highest BCUT2D eigenvalue weighted by Crippen LogP contribution is 2.21. The van der Waals surface area contributed by atoms with E-state index in [-0.39, 0.29) is 5.75 Å². The molecule has 76 valence electrons. The number of carbonyl (C=O) groups excluding carboxylic acids is 1. The Hall–Kier alpha value is -1.10. The maximum absolute atomic E-state index is 13.2. The van der Waals surface area contributed by atoms with Crippen LogP contribution in [0.1, 0.15) is 6.92 Å². The maximum atomic E-state index is 13.2. The van der Waals surface area contributed by atoms with Gasteiger partial charge in [-0.05, 0) is 19.1 Å². The van der Waals surface area contributed by atoms with E-state index in [1.165, 1.54) is 12.1 Å². The van der Waals surface area contributed by atoms with Crippen molar-refractivity contribution >= 4 is 26.4 Å². The van der Waals surface area contributed by atoms with Crippen molar-refractivity contribution in [2.45, 2.75) is 6.92 Å². The van der Waals surface area contributed by atoms with E-state index in [0.717, 1.165) is 0 Å². The minimum absolute atomic E-state index is 0.181. The van der Waals surface area contributed by atoms with Gasteiger partial charge in [-0.25, -0.2) is 4.39 Å². The first kappa shape index (κ1) is 11.0. The van der Waals surface area contributed by atoms with Crippen LogP contribution in [0, 0.1) is 5.82 Å². The average molecular weight is 262 g/mol. The van der Waals surface area contributed by atoms with Crippen molar-refractivity contribution < 1.29 is 13.9 Å². The van der Waals surface area contributed by atoms with E-state index in [9.17, 15) is 9.18 Å². The van der Waals surface area contributed by atoms with Crippen molar-refractivity contribution in [2.24, 2.45) is 0 Å². The summed E-state index contributed by atoms with van der Waals surface area (Å²) in [5.41, 5.74) is 0.382. The Morgan fingerprint density at radius 1 is 1.64 bits per heavy atom. The second-order valence-corrected chi connectivity index (χ2v) is 3.20. The molecule has 0 aliphatic rings. The lowest BCUT2D eigenvalue weighted by molar-refractivity contribution is 0.270. The number of hydrogen-bond donors (Lipinski definition) is 1. The van der Waals surface area contributed by atoms with Crippen LogP contribution in [0.15, 0.2) is 18.2 Å². The molecule has 1 aromatic rings. The fourth-order valence-electron chi connectivity index (χ4n) is 0.965. The average Bonchev–Trinajstić information content (AvgIpc) is 2.09. The van der Waals surface area contributed by atoms with Gasteiger partial charge in [0.2, 0.25) is 0 Å². The monoisotopic (exact) mass is 261 g/mol. The lowest BCUT2D eigenvalue weighted by atomic mass is 10.3. The minimum atomic E-state index is -0.495. The minimum Gasteiger partial charge on any atom is -0.491 e. The predicted octanol–water partition coefficient (Wildman–Crippen LogP) is 3.15. The molecule has 1 rings (SSSR count). The van der Waals surface area contributed by atoms with E-state index in [1.807, 2.05) is 0 Å². The van der Waals surface area contributed by atoms with E-state index in [2.05, 4.69) is 21.2 Å². The normalized spacial score (nSPS) is 9.64. The maximum Gasteiger partial charge on any atom is 0.291 e. The molecule has 0 atom stereocenters. The van der Waals surface area contributed by atoms with Gasteiger partial charge < -0.3 is 10.1 Å². The molecule has 3 nitrogen and oxygen atoms in total. The molecule has 0 spiro atoms. The van der Waals surface area contributed by atoms with Gasteiger partial charge in [0.25, 0.3) is 4.82 Å². The lowest BCUT2D eigenvalue weighted by Gasteiger charge is -2.06. The smallest absolute Gasteiger partial charge is 0.291 e. The first-order chi connectivity index (χ1) is 6.63. The van der Waals surface area contributed by atoms with Gasteiger partial charge in [-0.2, -0.15) is 0 Å². The molecule has 1 amide bonds. The first-order valence-corrected chi connectivity index (χ1v) is 4.81. The van der Waals surface area contributed by atoms with Crippen molar-refractivity contribution in [1.82, 2.24) is 0 Å². The van der Waals surface area contributed by atoms with E-state index in [4.69, 9.17) is 4.74 Å². The summed E-state index contributed by atoms with van der Waals surface area (Å²) in [4.78, 5) is 10.2. The van der Waals surface area contributed by atoms with Crippen molar-refractivity contribution in [3.63, 3.8) is 0 Å². The fourth-order valence-corrected chi connectivity index (χ4v) is 1.19. The summed E-state index contributed by atoms with van der Waals surface area (Å²) in [5, 5.41) is 2.40. The molecule has 0 unspecified atom stereocenters. The number of anilines is 1. The Balaban J connectivity index is 2.83. The lowest BCUT2D eigenvalue weighted by Crippen LogP contribution is -2.01. The molecule has 0 aliphatic carbocycles. The molecular weight excluding hydrogens is 253 g/mol. The third-order valence-electron chi connectivity index (χ3n) is 1.47. The molecule has 5 heteroatoms. The number of halogens is 2. The van der Waals surface area contributed by atoms with Gasteiger partial charge in [-0.15, -0.1) is 0 Å². The fraction of sp³-hybridized carbons (Fsp3) is 0.222. The number of amides is 1. The van der Waals surface area contributed by atoms with E-state index in [0.29, 0.717) is 12.3 Å². The van der Waals surface area contributed by atoms with Crippen LogP contribution in [0.2, 0.25) is 0 Å². The predicted molar refractivity (Wildman–Crippen MR) is 55.5 cm³/mol. The topological polar surface area (TPSA) is 38.3 Å². The second kappa shape index (κ2) is 4.95. The number of ether oxygens (including phenoxy) is 1. The zero-order valence-corrected chi connectivity index (χ0v) is 9.10. The van der Waals surface area contributed by atoms with E-state index < -0.39 is 10.6 Å². The van der Waals surface area contributed by atoms with Crippen molar-refractivity contribution in [3.8, 4) is 5.75 Å². The zero-order valence-electron chi connectivity index (χ0n) is 7.51. The van der Waals surface area contributed by atoms with Crippen molar-refractivity contribution in [1.29, 1.82) is 0 Å². The quantitative estimate of drug-likeness (QED) is 0.671. The molecule has 0 bridgehead atoms. The van der Waals surface area contributed by atoms with Gasteiger partial charge in [-0.3, -0.25) is 4.79 Å². The first-order valence-electron chi connectivity index (χ1n) is 4.02. The third kappa shape index (κ3) is 2.99. The molecule has 1 aromatic carbocycles. The zero-order chi connectivity index (χ0) is 10.6. The summed E-state index contributed by atoms with van der Waals surface area (Å²) in [7, 11) is 0. The van der Waals surface area contributed by atoms with Crippen LogP contribution < -0.4 is 10.1 Å². The highest BCUT2D eigenvalue weighted by Gasteiger charge is 2.04. The van der Waals surface area contributed by atoms with Crippen LogP contribution in [0.4, 0.5) is 14.9 Å². The Labute approximate surface area is 89.4 Å². The summed E-state index contributed by atoms with van der Waals surface area (Å²) in [6.45, 7) is 2.18. The van der Waals surface area contributed by atoms with Gasteiger partial charge in [0.15, 0.2) is 11.6 Å². The van der Waals surface area contributed by atoms with Gasteiger partial charge in [0.05, 0.1) is 6.61 Å². The molecule has 0 heterocycles. The van der Waals surface area contributed by atoms with Gasteiger partial charge in [0, 0.05) is 27.7 Å². The Bertz CT molecular complexity index is 344. The molecule has 0 saturated heterocycles. The molecule has 0 aliphatic heterocycles. The third-order valence-corrected chi connectivity index (χ3v) is 1.67. The summed E-state index contributed by atoms with van der Waals surface area (Å²) in [5.74, 6) is -0.314. The largest absolute Gasteiger partial charge is 0.491 e. The molecule has 14 heavy (non-hydrogen) atoms. The Morgan fingerprint density at radius 2 is 2.36 bits per heavy atom. The molecule has 0 fully saturated rings. The highest BCUT2D eigenvalue weighted by molar-refractivity contribution is 9.18. The summed E-state index contributed by atoms with van der Waals surface area (Å²) < 4.78 is 18.2. The molecule has 0 radical (unpaired) electrons. The van der Waals surface area contributed by atoms with E-state index in [1.54, 1.807) is 13.0 Å². The number of nitrogens with one attached hydrogen (secondary N) is 1. The molecular formula is C9H9BrFNO2. The van der Waals surface area contributed by atoms with Crippen molar-refractivity contribution in [3.05, 3.63) is 24.0 Å². The number of carbonyl (C=O) groups is 1. The summed E-state index contributed by atoms with van der Waals surface area (Å²) in [6, 6.07) is 4.23. The molecule has 0 saturated carbocycles. The highest BCUT2D eigenvalue weighted by atomic mass is 79.9. The van der Waals surface area contributed by atoms with Crippen LogP contribution in [0.3, 0.4) is 0 Å². The summed E-state index contributed by atoms with van der Waals surface area (Å²) >= 11 is 2.68. The van der Waals surface area contributed by atoms with E-state index >= 15 is 0 Å². The van der Waals surface area contributed by atoms with Crippen LogP contribution in [-0.2, 0) is 0 Å². The van der Waals surface area contributed by atoms with Gasteiger partial charge in [0.1, 0.15) is 0 Å². The number of rotatable bonds is 3. The van der Waals surface area contributed by atoms with Crippen LogP contribution in [0.25, 0.3) is 0 Å². The SMILES string of the molecule is CCOc1ccc(NC(=O)Br)cc1F. The standard InChI is InChI=1S/C9H9BrFNO2/c1-2-14-8-4-3-6(5-7(8)11)12-9(10)13/h3-5H,2H2,1H3,(H,12,13). The van der Waals surface area contributed by atoms with Crippen LogP contribution >= 0.6 is 15.9 Å². The Kier molecular flexibility index (Phi) is 3.88. The number of hydrogen-bond acceptors (Lipinski definition) is 2. The molecule has 1 N–H and O–H groups in total. The van der Waals surface area contributed by atoms with Gasteiger partial charge >= 0.3 is 0 Å². The molecule has 0 aromatic heterocycles. The van der Waals surface area contributed by atoms with Crippen LogP contribution in [0.5, 0.6) is 5.75 Å². The second-order valence-electron chi connectivity index (χ2n) is 2.48.